The van der Waals surface area contributed by atoms with Gasteiger partial charge in [0, 0.05) is 41.8 Å². The van der Waals surface area contributed by atoms with Gasteiger partial charge in [-0.15, -0.1) is 11.3 Å². The maximum atomic E-state index is 13.2. The fourth-order valence-electron chi connectivity index (χ4n) is 2.40. The molecule has 11 heteroatoms. The minimum absolute atomic E-state index is 0.0189. The topological polar surface area (TPSA) is 41.6 Å². The molecule has 1 aromatic carbocycles. The van der Waals surface area contributed by atoms with Gasteiger partial charge in [-0.2, -0.15) is 8.78 Å². The third-order valence-corrected chi connectivity index (χ3v) is 6.91. The van der Waals surface area contributed by atoms with Gasteiger partial charge in [0.2, 0.25) is 0 Å². The summed E-state index contributed by atoms with van der Waals surface area (Å²) in [7, 11) is 0. The van der Waals surface area contributed by atoms with Gasteiger partial charge in [-0.1, -0.05) is 0 Å². The highest BCUT2D eigenvalue weighted by atomic mass is 32.2. The molecule has 0 aliphatic carbocycles. The van der Waals surface area contributed by atoms with Crippen molar-refractivity contribution < 1.29 is 27.1 Å². The first-order chi connectivity index (χ1) is 13.3. The molecule has 0 unspecified atom stereocenters. The van der Waals surface area contributed by atoms with E-state index in [1.54, 1.807) is 0 Å². The number of rotatable bonds is 7. The molecule has 152 valence electrons. The zero-order chi connectivity index (χ0) is 20.1. The lowest BCUT2D eigenvalue weighted by Crippen LogP contribution is -2.35. The number of alkyl halides is 4. The molecule has 3 rings (SSSR count). The second kappa shape index (κ2) is 9.38. The predicted molar refractivity (Wildman–Crippen MR) is 102 cm³/mol. The van der Waals surface area contributed by atoms with Crippen LogP contribution in [0.2, 0.25) is 0 Å². The molecule has 0 atom stereocenters. The van der Waals surface area contributed by atoms with Crippen molar-refractivity contribution in [3.05, 3.63) is 41.3 Å². The van der Waals surface area contributed by atoms with E-state index >= 15 is 0 Å². The maximum absolute atomic E-state index is 13.2. The van der Waals surface area contributed by atoms with Gasteiger partial charge in [0.15, 0.2) is 0 Å². The van der Waals surface area contributed by atoms with E-state index in [0.717, 1.165) is 21.1 Å². The minimum atomic E-state index is -2.91. The fraction of sp³-hybridized carbons (Fsp3) is 0.353. The van der Waals surface area contributed by atoms with Crippen molar-refractivity contribution in [1.82, 2.24) is 9.03 Å². The molecule has 1 fully saturated rings. The Labute approximate surface area is 171 Å². The van der Waals surface area contributed by atoms with Gasteiger partial charge >= 0.3 is 6.61 Å². The smallest absolute Gasteiger partial charge is 0.387 e. The Hall–Kier alpha value is -1.43. The molecule has 1 saturated heterocycles. The quantitative estimate of drug-likeness (QED) is 0.442. The first-order valence-corrected chi connectivity index (χ1v) is 10.7. The van der Waals surface area contributed by atoms with Gasteiger partial charge in [-0.05, 0) is 54.2 Å². The van der Waals surface area contributed by atoms with Crippen molar-refractivity contribution in [2.75, 3.05) is 13.1 Å². The van der Waals surface area contributed by atoms with Crippen LogP contribution in [0.5, 0.6) is 5.75 Å². The number of piperidine rings is 1. The van der Waals surface area contributed by atoms with Crippen molar-refractivity contribution in [2.24, 2.45) is 0 Å². The SMILES string of the molecule is O=C(NSc1cc(SN2CCC(F)(F)CC2)cs1)c1ccc(OC(F)F)cc1. The normalized spacial score (nSPS) is 16.9. The van der Waals surface area contributed by atoms with Crippen LogP contribution in [0.25, 0.3) is 0 Å². The first-order valence-electron chi connectivity index (χ1n) is 8.22. The van der Waals surface area contributed by atoms with Gasteiger partial charge in [0.05, 0.1) is 4.21 Å². The average Bonchev–Trinajstić information content (AvgIpc) is 3.09. The number of amides is 1. The highest BCUT2D eigenvalue weighted by molar-refractivity contribution is 8.00. The van der Waals surface area contributed by atoms with Crippen LogP contribution in [-0.2, 0) is 0 Å². The number of nitrogens with zero attached hydrogens (tertiary/aromatic N) is 1. The van der Waals surface area contributed by atoms with E-state index in [1.165, 1.54) is 47.6 Å². The summed E-state index contributed by atoms with van der Waals surface area (Å²) < 4.78 is 60.3. The predicted octanol–water partition coefficient (Wildman–Crippen LogP) is 5.52. The molecule has 1 N–H and O–H groups in total. The number of carbonyl (C=O) groups excluding carboxylic acids is 1. The molecule has 4 nitrogen and oxygen atoms in total. The van der Waals surface area contributed by atoms with Crippen molar-refractivity contribution in [3.8, 4) is 5.75 Å². The second-order valence-corrected chi connectivity index (χ2v) is 9.10. The van der Waals surface area contributed by atoms with Crippen molar-refractivity contribution in [2.45, 2.75) is 34.5 Å². The molecule has 0 saturated carbocycles. The number of ether oxygens (including phenoxy) is 1. The highest BCUT2D eigenvalue weighted by Gasteiger charge is 2.34. The van der Waals surface area contributed by atoms with Crippen LogP contribution < -0.4 is 9.46 Å². The first kappa shape index (κ1) is 21.3. The van der Waals surface area contributed by atoms with Gasteiger partial charge in [0.25, 0.3) is 11.8 Å². The lowest BCUT2D eigenvalue weighted by Gasteiger charge is -2.30. The van der Waals surface area contributed by atoms with Gasteiger partial charge in [-0.25, -0.2) is 13.1 Å². The third kappa shape index (κ3) is 6.29. The molecule has 0 spiro atoms. The zero-order valence-electron chi connectivity index (χ0n) is 14.4. The van der Waals surface area contributed by atoms with Crippen LogP contribution in [0.3, 0.4) is 0 Å². The Morgan fingerprint density at radius 3 is 2.54 bits per heavy atom. The lowest BCUT2D eigenvalue weighted by molar-refractivity contribution is -0.0498. The molecule has 1 aliphatic rings. The molecular weight excluding hydrogens is 436 g/mol. The summed E-state index contributed by atoms with van der Waals surface area (Å²) >= 11 is 4.00. The number of hydrogen-bond acceptors (Lipinski definition) is 6. The summed E-state index contributed by atoms with van der Waals surface area (Å²) in [5, 5.41) is 1.91. The van der Waals surface area contributed by atoms with E-state index in [4.69, 9.17) is 0 Å². The molecule has 2 aromatic rings. The molecule has 28 heavy (non-hydrogen) atoms. The van der Waals surface area contributed by atoms with Crippen molar-refractivity contribution in [1.29, 1.82) is 0 Å². The van der Waals surface area contributed by atoms with Gasteiger partial charge in [-0.3, -0.25) is 9.52 Å². The molecule has 1 aromatic heterocycles. The number of halogens is 4. The number of carbonyl (C=O) groups is 1. The van der Waals surface area contributed by atoms with Gasteiger partial charge < -0.3 is 4.74 Å². The Balaban J connectivity index is 1.47. The van der Waals surface area contributed by atoms with E-state index < -0.39 is 12.5 Å². The Morgan fingerprint density at radius 1 is 1.21 bits per heavy atom. The second-order valence-electron chi connectivity index (χ2n) is 5.91. The Kier molecular flexibility index (Phi) is 7.13. The zero-order valence-corrected chi connectivity index (χ0v) is 16.8. The van der Waals surface area contributed by atoms with E-state index in [9.17, 15) is 22.4 Å². The molecular formula is C17H16F4N2O2S3. The fourth-order valence-corrected chi connectivity index (χ4v) is 5.15. The minimum Gasteiger partial charge on any atom is -0.435 e. The van der Waals surface area contributed by atoms with Crippen LogP contribution >= 0.6 is 35.2 Å². The molecule has 1 aliphatic heterocycles. The summed E-state index contributed by atoms with van der Waals surface area (Å²) in [6, 6.07) is 7.28. The molecule has 1 amide bonds. The van der Waals surface area contributed by atoms with E-state index in [1.807, 2.05) is 15.8 Å². The standard InChI is InChI=1S/C17H16F4N2O2S3/c18-16(19)25-12-3-1-11(2-4-12)15(24)22-27-14-9-13(10-26-14)28-23-7-5-17(20,21)6-8-23/h1-4,9-10,16H,5-8H2,(H,22,24). The Bertz CT molecular complexity index is 792. The summed E-state index contributed by atoms with van der Waals surface area (Å²) in [5.41, 5.74) is 0.314. The maximum Gasteiger partial charge on any atom is 0.387 e. The van der Waals surface area contributed by atoms with Crippen LogP contribution in [0.4, 0.5) is 17.6 Å². The van der Waals surface area contributed by atoms with Crippen molar-refractivity contribution in [3.63, 3.8) is 0 Å². The summed E-state index contributed by atoms with van der Waals surface area (Å²) in [5.74, 6) is -2.95. The molecule has 0 radical (unpaired) electrons. The third-order valence-electron chi connectivity index (χ3n) is 3.83. The van der Waals surface area contributed by atoms with E-state index in [0.29, 0.717) is 18.7 Å². The van der Waals surface area contributed by atoms with E-state index in [2.05, 4.69) is 9.46 Å². The summed E-state index contributed by atoms with van der Waals surface area (Å²) in [6.07, 6.45) is -0.272. The summed E-state index contributed by atoms with van der Waals surface area (Å²) in [6.45, 7) is -2.25. The summed E-state index contributed by atoms with van der Waals surface area (Å²) in [4.78, 5) is 13.1. The molecule has 0 bridgehead atoms. The van der Waals surface area contributed by atoms with E-state index in [-0.39, 0.29) is 24.5 Å². The monoisotopic (exact) mass is 452 g/mol. The average molecular weight is 453 g/mol. The van der Waals surface area contributed by atoms with Crippen LogP contribution in [0.15, 0.2) is 44.8 Å². The number of hydrogen-bond donors (Lipinski definition) is 1. The van der Waals surface area contributed by atoms with Gasteiger partial charge in [0.1, 0.15) is 5.75 Å². The Morgan fingerprint density at radius 2 is 1.89 bits per heavy atom. The van der Waals surface area contributed by atoms with Crippen molar-refractivity contribution >= 4 is 41.1 Å². The van der Waals surface area contributed by atoms with Crippen LogP contribution in [-0.4, -0.2) is 35.8 Å². The molecule has 2 heterocycles. The van der Waals surface area contributed by atoms with Crippen LogP contribution in [0, 0.1) is 0 Å². The van der Waals surface area contributed by atoms with Crippen LogP contribution in [0.1, 0.15) is 23.2 Å². The number of thiophene rings is 1. The largest absolute Gasteiger partial charge is 0.435 e. The lowest BCUT2D eigenvalue weighted by atomic mass is 10.1. The number of nitrogens with one attached hydrogen (secondary N) is 1. The highest BCUT2D eigenvalue weighted by Crippen LogP contribution is 2.36. The number of benzene rings is 1.